The van der Waals surface area contributed by atoms with Gasteiger partial charge >= 0.3 is 5.97 Å². The molecular formula is C28H57NO3. The van der Waals surface area contributed by atoms with Crippen molar-refractivity contribution in [2.75, 3.05) is 19.8 Å². The van der Waals surface area contributed by atoms with Gasteiger partial charge in [0, 0.05) is 13.1 Å². The fourth-order valence-corrected chi connectivity index (χ4v) is 4.16. The smallest absolute Gasteiger partial charge is 0.335 e. The zero-order valence-corrected chi connectivity index (χ0v) is 22.1. The van der Waals surface area contributed by atoms with E-state index in [1.54, 1.807) is 0 Å². The quantitative estimate of drug-likeness (QED) is 0.0860. The molecule has 192 valence electrons. The number of hydrogen-bond acceptors (Lipinski definition) is 4. The molecule has 0 saturated carbocycles. The molecule has 0 aromatic rings. The Morgan fingerprint density at radius 1 is 0.625 bits per heavy atom. The van der Waals surface area contributed by atoms with Crippen LogP contribution >= 0.6 is 0 Å². The van der Waals surface area contributed by atoms with Crippen LogP contribution in [0.1, 0.15) is 149 Å². The van der Waals surface area contributed by atoms with E-state index in [1.165, 1.54) is 135 Å². The number of ether oxygens (including phenoxy) is 1. The van der Waals surface area contributed by atoms with Crippen molar-refractivity contribution >= 4 is 5.97 Å². The molecule has 0 saturated heterocycles. The van der Waals surface area contributed by atoms with Crippen LogP contribution in [0.2, 0.25) is 0 Å². The van der Waals surface area contributed by atoms with E-state index in [9.17, 15) is 9.90 Å². The molecule has 0 bridgehead atoms. The highest BCUT2D eigenvalue weighted by Gasteiger charge is 2.13. The van der Waals surface area contributed by atoms with Crippen molar-refractivity contribution in [3.8, 4) is 0 Å². The molecule has 1 N–H and O–H groups in total. The first-order valence-electron chi connectivity index (χ1n) is 14.2. The van der Waals surface area contributed by atoms with Crippen molar-refractivity contribution < 1.29 is 14.6 Å². The lowest BCUT2D eigenvalue weighted by atomic mass is 10.1. The highest BCUT2D eigenvalue weighted by Crippen LogP contribution is 2.13. The van der Waals surface area contributed by atoms with Gasteiger partial charge in [-0.1, -0.05) is 129 Å². The standard InChI is InChI=1S/C28H57NO3/c1-4-6-8-10-12-14-16-18-20-22-24-29(26-32-28(31)27(3)30)25-23-21-19-17-15-13-11-9-7-5-2/h27,30H,4-26H2,1-3H3. The first-order chi connectivity index (χ1) is 15.6. The monoisotopic (exact) mass is 455 g/mol. The summed E-state index contributed by atoms with van der Waals surface area (Å²) in [6.07, 6.45) is 25.7. The number of unbranched alkanes of at least 4 members (excludes halogenated alkanes) is 18. The van der Waals surface area contributed by atoms with Gasteiger partial charge in [0.25, 0.3) is 0 Å². The number of aliphatic hydroxyl groups is 1. The normalized spacial score (nSPS) is 12.4. The molecule has 32 heavy (non-hydrogen) atoms. The predicted molar refractivity (Wildman–Crippen MR) is 138 cm³/mol. The first kappa shape index (κ1) is 31.4. The first-order valence-corrected chi connectivity index (χ1v) is 14.2. The Morgan fingerprint density at radius 2 is 0.938 bits per heavy atom. The summed E-state index contributed by atoms with van der Waals surface area (Å²) >= 11 is 0. The fourth-order valence-electron chi connectivity index (χ4n) is 4.16. The number of carbonyl (C=O) groups is 1. The minimum Gasteiger partial charge on any atom is -0.448 e. The lowest BCUT2D eigenvalue weighted by molar-refractivity contribution is -0.157. The lowest BCUT2D eigenvalue weighted by Crippen LogP contribution is -2.32. The van der Waals surface area contributed by atoms with Gasteiger partial charge in [0.1, 0.15) is 12.8 Å². The topological polar surface area (TPSA) is 49.8 Å². The van der Waals surface area contributed by atoms with Crippen molar-refractivity contribution in [1.82, 2.24) is 4.90 Å². The predicted octanol–water partition coefficient (Wildman–Crippen LogP) is 8.01. The summed E-state index contributed by atoms with van der Waals surface area (Å²) in [6.45, 7) is 8.30. The molecule has 1 atom stereocenters. The molecule has 0 amide bonds. The minimum absolute atomic E-state index is 0.318. The van der Waals surface area contributed by atoms with Crippen LogP contribution < -0.4 is 0 Å². The van der Waals surface area contributed by atoms with E-state index in [4.69, 9.17) is 4.74 Å². The van der Waals surface area contributed by atoms with E-state index in [0.29, 0.717) is 6.73 Å². The van der Waals surface area contributed by atoms with Gasteiger partial charge < -0.3 is 9.84 Å². The maximum atomic E-state index is 11.6. The molecule has 1 unspecified atom stereocenters. The van der Waals surface area contributed by atoms with Gasteiger partial charge in [-0.15, -0.1) is 0 Å². The highest BCUT2D eigenvalue weighted by atomic mass is 16.6. The van der Waals surface area contributed by atoms with Gasteiger partial charge in [-0.2, -0.15) is 0 Å². The molecule has 0 radical (unpaired) electrons. The van der Waals surface area contributed by atoms with Gasteiger partial charge in [0.15, 0.2) is 0 Å². The molecule has 0 rings (SSSR count). The highest BCUT2D eigenvalue weighted by molar-refractivity contribution is 5.73. The van der Waals surface area contributed by atoms with Crippen molar-refractivity contribution in [2.24, 2.45) is 0 Å². The Kier molecular flexibility index (Phi) is 24.5. The summed E-state index contributed by atoms with van der Waals surface area (Å²) in [5, 5.41) is 9.37. The third kappa shape index (κ3) is 22.6. The number of aliphatic hydroxyl groups excluding tert-OH is 1. The zero-order chi connectivity index (χ0) is 23.7. The van der Waals surface area contributed by atoms with E-state index >= 15 is 0 Å². The van der Waals surface area contributed by atoms with Crippen LogP contribution in [-0.4, -0.2) is 41.9 Å². The van der Waals surface area contributed by atoms with Crippen LogP contribution in [0.5, 0.6) is 0 Å². The second-order valence-electron chi connectivity index (χ2n) is 9.75. The Hall–Kier alpha value is -0.610. The molecule has 0 aromatic carbocycles. The number of esters is 1. The third-order valence-electron chi connectivity index (χ3n) is 6.39. The molecule has 0 fully saturated rings. The number of rotatable bonds is 25. The van der Waals surface area contributed by atoms with Gasteiger partial charge in [0.05, 0.1) is 0 Å². The van der Waals surface area contributed by atoms with Crippen LogP contribution in [-0.2, 0) is 9.53 Å². The van der Waals surface area contributed by atoms with Gasteiger partial charge in [-0.25, -0.2) is 4.79 Å². The van der Waals surface area contributed by atoms with E-state index in [1.807, 2.05) is 0 Å². The second-order valence-corrected chi connectivity index (χ2v) is 9.75. The summed E-state index contributed by atoms with van der Waals surface area (Å²) in [4.78, 5) is 13.9. The Balaban J connectivity index is 3.85. The molecule has 0 aliphatic rings. The summed E-state index contributed by atoms with van der Waals surface area (Å²) in [5.41, 5.74) is 0. The van der Waals surface area contributed by atoms with Crippen molar-refractivity contribution in [3.63, 3.8) is 0 Å². The molecule has 0 spiro atoms. The van der Waals surface area contributed by atoms with Crippen LogP contribution in [0.3, 0.4) is 0 Å². The average molecular weight is 456 g/mol. The summed E-state index contributed by atoms with van der Waals surface area (Å²) in [5.74, 6) is -0.513. The van der Waals surface area contributed by atoms with Gasteiger partial charge in [-0.3, -0.25) is 4.90 Å². The average Bonchev–Trinajstić information content (AvgIpc) is 2.78. The van der Waals surface area contributed by atoms with Crippen molar-refractivity contribution in [2.45, 2.75) is 155 Å². The Bertz CT molecular complexity index is 363. The maximum absolute atomic E-state index is 11.6. The number of carbonyl (C=O) groups excluding carboxylic acids is 1. The Morgan fingerprint density at radius 3 is 1.25 bits per heavy atom. The van der Waals surface area contributed by atoms with E-state index in [-0.39, 0.29) is 0 Å². The van der Waals surface area contributed by atoms with Gasteiger partial charge in [0.2, 0.25) is 0 Å². The zero-order valence-electron chi connectivity index (χ0n) is 22.1. The van der Waals surface area contributed by atoms with Crippen LogP contribution in [0, 0.1) is 0 Å². The van der Waals surface area contributed by atoms with Crippen LogP contribution in [0.4, 0.5) is 0 Å². The molecule has 0 aromatic heterocycles. The summed E-state index contributed by atoms with van der Waals surface area (Å²) in [6, 6.07) is 0. The molecule has 0 aliphatic heterocycles. The second kappa shape index (κ2) is 25.0. The van der Waals surface area contributed by atoms with Crippen molar-refractivity contribution in [3.05, 3.63) is 0 Å². The third-order valence-corrected chi connectivity index (χ3v) is 6.39. The van der Waals surface area contributed by atoms with E-state index < -0.39 is 12.1 Å². The summed E-state index contributed by atoms with van der Waals surface area (Å²) < 4.78 is 5.29. The Labute approximate surface area is 200 Å². The fraction of sp³-hybridized carbons (Fsp3) is 0.964. The van der Waals surface area contributed by atoms with Gasteiger partial charge in [-0.05, 0) is 19.8 Å². The largest absolute Gasteiger partial charge is 0.448 e. The SMILES string of the molecule is CCCCCCCCCCCCN(CCCCCCCCCCCC)COC(=O)C(C)O. The molecular weight excluding hydrogens is 398 g/mol. The molecule has 4 nitrogen and oxygen atoms in total. The van der Waals surface area contributed by atoms with E-state index in [0.717, 1.165) is 13.1 Å². The minimum atomic E-state index is -1.04. The van der Waals surface area contributed by atoms with Crippen LogP contribution in [0.25, 0.3) is 0 Å². The molecule has 0 heterocycles. The van der Waals surface area contributed by atoms with Crippen molar-refractivity contribution in [1.29, 1.82) is 0 Å². The lowest BCUT2D eigenvalue weighted by Gasteiger charge is -2.22. The molecule has 0 aliphatic carbocycles. The summed E-state index contributed by atoms with van der Waals surface area (Å²) in [7, 11) is 0. The maximum Gasteiger partial charge on any atom is 0.335 e. The van der Waals surface area contributed by atoms with E-state index in [2.05, 4.69) is 18.7 Å². The molecule has 4 heteroatoms. The van der Waals surface area contributed by atoms with Crippen LogP contribution in [0.15, 0.2) is 0 Å². The number of nitrogens with zero attached hydrogens (tertiary/aromatic N) is 1. The number of hydrogen-bond donors (Lipinski definition) is 1.